The van der Waals surface area contributed by atoms with Gasteiger partial charge in [0.1, 0.15) is 0 Å². The van der Waals surface area contributed by atoms with Gasteiger partial charge in [0.2, 0.25) is 0 Å². The molecule has 1 heterocycles. The fourth-order valence-electron chi connectivity index (χ4n) is 2.86. The third kappa shape index (κ3) is 3.62. The van der Waals surface area contributed by atoms with E-state index in [2.05, 4.69) is 16.7 Å². The summed E-state index contributed by atoms with van der Waals surface area (Å²) >= 11 is 0. The standard InChI is InChI=1S/C17H17F3N2.ClH/c1-21-14-8-12-10-22-7-6-15(12)16(9-14)11-2-4-13(5-3-11)17(18,19)20;/h2-5,8-9,21-22H,6-7,10H2,1H3;1H. The molecule has 0 aromatic heterocycles. The van der Waals surface area contributed by atoms with Crippen LogP contribution < -0.4 is 10.6 Å². The lowest BCUT2D eigenvalue weighted by molar-refractivity contribution is -0.137. The SMILES string of the molecule is CNc1cc2c(c(-c3ccc(C(F)(F)F)cc3)c1)CCNC2.Cl. The van der Waals surface area contributed by atoms with E-state index in [1.54, 1.807) is 12.1 Å². The largest absolute Gasteiger partial charge is 0.416 e. The van der Waals surface area contributed by atoms with Crippen LogP contribution in [0.5, 0.6) is 0 Å². The summed E-state index contributed by atoms with van der Waals surface area (Å²) in [5, 5.41) is 6.44. The number of benzene rings is 2. The Bertz CT molecular complexity index is 681. The summed E-state index contributed by atoms with van der Waals surface area (Å²) in [7, 11) is 1.84. The highest BCUT2D eigenvalue weighted by molar-refractivity contribution is 5.85. The molecule has 0 amide bonds. The highest BCUT2D eigenvalue weighted by Gasteiger charge is 2.30. The lowest BCUT2D eigenvalue weighted by atomic mass is 9.90. The summed E-state index contributed by atoms with van der Waals surface area (Å²) in [6.07, 6.45) is -3.41. The zero-order valence-corrected chi connectivity index (χ0v) is 13.4. The monoisotopic (exact) mass is 342 g/mol. The lowest BCUT2D eigenvalue weighted by Crippen LogP contribution is -2.24. The second kappa shape index (κ2) is 6.81. The molecule has 0 spiro atoms. The average molecular weight is 343 g/mol. The predicted octanol–water partition coefficient (Wildman–Crippen LogP) is 4.48. The van der Waals surface area contributed by atoms with Gasteiger partial charge < -0.3 is 10.6 Å². The summed E-state index contributed by atoms with van der Waals surface area (Å²) in [4.78, 5) is 0. The van der Waals surface area contributed by atoms with Gasteiger partial charge in [-0.05, 0) is 59.5 Å². The number of hydrogen-bond donors (Lipinski definition) is 2. The van der Waals surface area contributed by atoms with Gasteiger partial charge in [0.05, 0.1) is 5.56 Å². The van der Waals surface area contributed by atoms with Crippen LogP contribution in [0.4, 0.5) is 18.9 Å². The number of rotatable bonds is 2. The molecule has 0 atom stereocenters. The van der Waals surface area contributed by atoms with Gasteiger partial charge in [-0.15, -0.1) is 12.4 Å². The molecule has 2 aromatic rings. The maximum Gasteiger partial charge on any atom is 0.416 e. The molecular weight excluding hydrogens is 325 g/mol. The predicted molar refractivity (Wildman–Crippen MR) is 89.1 cm³/mol. The zero-order valence-electron chi connectivity index (χ0n) is 12.6. The van der Waals surface area contributed by atoms with Crippen molar-refractivity contribution >= 4 is 18.1 Å². The maximum absolute atomic E-state index is 12.7. The van der Waals surface area contributed by atoms with Crippen LogP contribution in [0.25, 0.3) is 11.1 Å². The maximum atomic E-state index is 12.7. The first-order valence-electron chi connectivity index (χ1n) is 7.21. The van der Waals surface area contributed by atoms with Gasteiger partial charge in [-0.3, -0.25) is 0 Å². The van der Waals surface area contributed by atoms with Crippen molar-refractivity contribution in [1.82, 2.24) is 5.32 Å². The normalized spacial score (nSPS) is 13.9. The van der Waals surface area contributed by atoms with E-state index in [9.17, 15) is 13.2 Å². The summed E-state index contributed by atoms with van der Waals surface area (Å²) < 4.78 is 38.1. The molecule has 0 radical (unpaired) electrons. The van der Waals surface area contributed by atoms with E-state index in [0.29, 0.717) is 0 Å². The molecule has 2 aromatic carbocycles. The molecule has 1 aliphatic heterocycles. The smallest absolute Gasteiger partial charge is 0.388 e. The second-order valence-electron chi connectivity index (χ2n) is 5.41. The van der Waals surface area contributed by atoms with Gasteiger partial charge in [-0.25, -0.2) is 0 Å². The number of nitrogens with one attached hydrogen (secondary N) is 2. The summed E-state index contributed by atoms with van der Waals surface area (Å²) in [6.45, 7) is 1.68. The van der Waals surface area contributed by atoms with Crippen molar-refractivity contribution in [2.45, 2.75) is 19.1 Å². The van der Waals surface area contributed by atoms with Crippen molar-refractivity contribution in [2.75, 3.05) is 18.9 Å². The molecule has 2 N–H and O–H groups in total. The van der Waals surface area contributed by atoms with E-state index in [-0.39, 0.29) is 12.4 Å². The quantitative estimate of drug-likeness (QED) is 0.840. The van der Waals surface area contributed by atoms with Crippen LogP contribution in [0, 0.1) is 0 Å². The van der Waals surface area contributed by atoms with Gasteiger partial charge in [0, 0.05) is 19.3 Å². The molecule has 0 fully saturated rings. The first kappa shape index (κ1) is 17.6. The highest BCUT2D eigenvalue weighted by Crippen LogP contribution is 2.34. The molecule has 124 valence electrons. The topological polar surface area (TPSA) is 24.1 Å². The Kier molecular flexibility index (Phi) is 5.22. The van der Waals surface area contributed by atoms with Crippen molar-refractivity contribution in [3.05, 3.63) is 53.1 Å². The molecule has 1 aliphatic rings. The van der Waals surface area contributed by atoms with Crippen molar-refractivity contribution in [1.29, 1.82) is 0 Å². The number of fused-ring (bicyclic) bond motifs is 1. The highest BCUT2D eigenvalue weighted by atomic mass is 35.5. The second-order valence-corrected chi connectivity index (χ2v) is 5.41. The van der Waals surface area contributed by atoms with Gasteiger partial charge in [-0.1, -0.05) is 12.1 Å². The minimum atomic E-state index is -4.30. The number of halogens is 4. The van der Waals surface area contributed by atoms with Crippen LogP contribution >= 0.6 is 12.4 Å². The fraction of sp³-hybridized carbons (Fsp3) is 0.294. The molecule has 0 bridgehead atoms. The van der Waals surface area contributed by atoms with Crippen LogP contribution in [0.3, 0.4) is 0 Å². The molecule has 0 unspecified atom stereocenters. The molecule has 6 heteroatoms. The Balaban J connectivity index is 0.00000192. The minimum Gasteiger partial charge on any atom is -0.388 e. The number of alkyl halides is 3. The number of hydrogen-bond acceptors (Lipinski definition) is 2. The van der Waals surface area contributed by atoms with Crippen molar-refractivity contribution in [3.63, 3.8) is 0 Å². The molecule has 3 rings (SSSR count). The zero-order chi connectivity index (χ0) is 15.7. The average Bonchev–Trinajstić information content (AvgIpc) is 2.53. The van der Waals surface area contributed by atoms with Crippen LogP contribution in [-0.2, 0) is 19.1 Å². The summed E-state index contributed by atoms with van der Waals surface area (Å²) in [6, 6.07) is 9.51. The molecule has 23 heavy (non-hydrogen) atoms. The molecular formula is C17H18ClF3N2. The van der Waals surface area contributed by atoms with E-state index in [0.717, 1.165) is 48.5 Å². The number of anilines is 1. The van der Waals surface area contributed by atoms with Crippen LogP contribution in [0.1, 0.15) is 16.7 Å². The first-order chi connectivity index (χ1) is 10.5. The summed E-state index contributed by atoms with van der Waals surface area (Å²) in [5.41, 5.74) is 4.61. The Morgan fingerprint density at radius 3 is 2.39 bits per heavy atom. The van der Waals surface area contributed by atoms with E-state index < -0.39 is 11.7 Å². The van der Waals surface area contributed by atoms with Gasteiger partial charge in [0.15, 0.2) is 0 Å². The van der Waals surface area contributed by atoms with Crippen molar-refractivity contribution < 1.29 is 13.2 Å². The van der Waals surface area contributed by atoms with Crippen molar-refractivity contribution in [2.24, 2.45) is 0 Å². The molecule has 0 aliphatic carbocycles. The van der Waals surface area contributed by atoms with Crippen LogP contribution in [0.2, 0.25) is 0 Å². The fourth-order valence-corrected chi connectivity index (χ4v) is 2.86. The van der Waals surface area contributed by atoms with Gasteiger partial charge >= 0.3 is 6.18 Å². The Morgan fingerprint density at radius 2 is 1.78 bits per heavy atom. The molecule has 2 nitrogen and oxygen atoms in total. The Hall–Kier alpha value is -1.72. The van der Waals surface area contributed by atoms with E-state index in [4.69, 9.17) is 0 Å². The molecule has 0 saturated carbocycles. The molecule has 0 saturated heterocycles. The Morgan fingerprint density at radius 1 is 1.09 bits per heavy atom. The van der Waals surface area contributed by atoms with E-state index in [1.807, 2.05) is 13.1 Å². The van der Waals surface area contributed by atoms with Gasteiger partial charge in [-0.2, -0.15) is 13.2 Å². The lowest BCUT2D eigenvalue weighted by Gasteiger charge is -2.22. The minimum absolute atomic E-state index is 0. The van der Waals surface area contributed by atoms with Crippen LogP contribution in [0.15, 0.2) is 36.4 Å². The first-order valence-corrected chi connectivity index (χ1v) is 7.21. The van der Waals surface area contributed by atoms with E-state index in [1.165, 1.54) is 11.1 Å². The third-order valence-electron chi connectivity index (χ3n) is 4.02. The third-order valence-corrected chi connectivity index (χ3v) is 4.02. The summed E-state index contributed by atoms with van der Waals surface area (Å²) in [5.74, 6) is 0. The Labute approximate surface area is 139 Å². The van der Waals surface area contributed by atoms with E-state index >= 15 is 0 Å². The van der Waals surface area contributed by atoms with Crippen molar-refractivity contribution in [3.8, 4) is 11.1 Å². The van der Waals surface area contributed by atoms with Gasteiger partial charge in [0.25, 0.3) is 0 Å². The van der Waals surface area contributed by atoms with Crippen LogP contribution in [-0.4, -0.2) is 13.6 Å².